The molecule has 3 rings (SSSR count). The number of nitrogens with one attached hydrogen (secondary N) is 1. The fraction of sp³-hybridized carbons (Fsp3) is 0.240. The zero-order valence-corrected chi connectivity index (χ0v) is 20.4. The van der Waals surface area contributed by atoms with Crippen molar-refractivity contribution in [3.8, 4) is 0 Å². The van der Waals surface area contributed by atoms with Crippen LogP contribution < -0.4 is 9.62 Å². The van der Waals surface area contributed by atoms with E-state index in [4.69, 9.17) is 11.6 Å². The quantitative estimate of drug-likeness (QED) is 0.391. The van der Waals surface area contributed by atoms with Gasteiger partial charge in [0.2, 0.25) is 5.91 Å². The zero-order valence-electron chi connectivity index (χ0n) is 18.8. The molecule has 35 heavy (non-hydrogen) atoms. The van der Waals surface area contributed by atoms with Gasteiger partial charge in [-0.1, -0.05) is 60.1 Å². The predicted molar refractivity (Wildman–Crippen MR) is 130 cm³/mol. The second kappa shape index (κ2) is 11.1. The van der Waals surface area contributed by atoms with Crippen molar-refractivity contribution in [2.75, 3.05) is 10.8 Å². The van der Waals surface area contributed by atoms with Crippen molar-refractivity contribution in [3.63, 3.8) is 0 Å². The van der Waals surface area contributed by atoms with E-state index < -0.39 is 39.2 Å². The molecule has 0 bridgehead atoms. The van der Waals surface area contributed by atoms with Gasteiger partial charge in [-0.05, 0) is 55.7 Å². The Balaban J connectivity index is 1.86. The highest BCUT2D eigenvalue weighted by Gasteiger charge is 2.35. The average Bonchev–Trinajstić information content (AvgIpc) is 2.82. The smallest absolute Gasteiger partial charge is 0.352 e. The molecule has 0 saturated heterocycles. The number of nitrogens with zero attached hydrogens (tertiary/aromatic N) is 1. The van der Waals surface area contributed by atoms with Crippen LogP contribution >= 0.6 is 11.6 Å². The lowest BCUT2D eigenvalue weighted by molar-refractivity contribution is -0.137. The maximum absolute atomic E-state index is 13.4. The zero-order chi connectivity index (χ0) is 25.6. The Morgan fingerprint density at radius 2 is 1.60 bits per heavy atom. The number of aryl methyl sites for hydroxylation is 1. The lowest BCUT2D eigenvalue weighted by Crippen LogP contribution is -2.43. The lowest BCUT2D eigenvalue weighted by atomic mass is 10.1. The second-order valence-corrected chi connectivity index (χ2v) is 10.2. The van der Waals surface area contributed by atoms with Gasteiger partial charge in [-0.2, -0.15) is 13.2 Å². The minimum Gasteiger partial charge on any atom is -0.352 e. The molecule has 0 unspecified atom stereocenters. The van der Waals surface area contributed by atoms with E-state index in [2.05, 4.69) is 5.32 Å². The van der Waals surface area contributed by atoms with E-state index in [-0.39, 0.29) is 16.6 Å². The van der Waals surface area contributed by atoms with Gasteiger partial charge in [0.05, 0.1) is 21.2 Å². The maximum Gasteiger partial charge on any atom is 0.417 e. The van der Waals surface area contributed by atoms with Crippen LogP contribution in [0.25, 0.3) is 0 Å². The summed E-state index contributed by atoms with van der Waals surface area (Å²) in [4.78, 5) is 12.7. The van der Waals surface area contributed by atoms with E-state index in [9.17, 15) is 26.4 Å². The number of sulfonamides is 1. The van der Waals surface area contributed by atoms with Crippen molar-refractivity contribution >= 4 is 33.2 Å². The summed E-state index contributed by atoms with van der Waals surface area (Å²) < 4.78 is 67.7. The van der Waals surface area contributed by atoms with Crippen LogP contribution in [-0.2, 0) is 27.4 Å². The Morgan fingerprint density at radius 1 is 1.00 bits per heavy atom. The van der Waals surface area contributed by atoms with Crippen LogP contribution in [0.5, 0.6) is 0 Å². The molecule has 0 aliphatic carbocycles. The van der Waals surface area contributed by atoms with E-state index in [0.717, 1.165) is 17.7 Å². The Labute approximate surface area is 207 Å². The molecular formula is C25H24ClF3N2O3S. The number of amides is 1. The highest BCUT2D eigenvalue weighted by atomic mass is 35.5. The summed E-state index contributed by atoms with van der Waals surface area (Å²) in [7, 11) is -4.35. The molecule has 5 nitrogen and oxygen atoms in total. The SMILES string of the molecule is C[C@@H](CCc1ccccc1)NC(=O)CN(c1ccc(Cl)c(C(F)(F)F)c1)S(=O)(=O)c1ccccc1. The molecule has 0 aromatic heterocycles. The molecule has 0 heterocycles. The van der Waals surface area contributed by atoms with E-state index in [1.54, 1.807) is 13.0 Å². The van der Waals surface area contributed by atoms with E-state index in [1.807, 2.05) is 30.3 Å². The number of carbonyl (C=O) groups excluding carboxylic acids is 1. The van der Waals surface area contributed by atoms with Crippen LogP contribution in [0.4, 0.5) is 18.9 Å². The third-order valence-corrected chi connectivity index (χ3v) is 7.40. The van der Waals surface area contributed by atoms with Crippen LogP contribution in [0, 0.1) is 0 Å². The molecule has 10 heteroatoms. The van der Waals surface area contributed by atoms with E-state index in [0.29, 0.717) is 23.2 Å². The number of benzene rings is 3. The van der Waals surface area contributed by atoms with Crippen molar-refractivity contribution < 1.29 is 26.4 Å². The maximum atomic E-state index is 13.4. The fourth-order valence-corrected chi connectivity index (χ4v) is 5.13. The van der Waals surface area contributed by atoms with Gasteiger partial charge in [0.1, 0.15) is 6.54 Å². The number of hydrogen-bond donors (Lipinski definition) is 1. The first-order valence-corrected chi connectivity index (χ1v) is 12.6. The molecule has 3 aromatic rings. The number of rotatable bonds is 9. The topological polar surface area (TPSA) is 66.5 Å². The van der Waals surface area contributed by atoms with Crippen LogP contribution in [0.2, 0.25) is 5.02 Å². The van der Waals surface area contributed by atoms with Gasteiger partial charge >= 0.3 is 6.18 Å². The van der Waals surface area contributed by atoms with Gasteiger partial charge in [0.15, 0.2) is 0 Å². The summed E-state index contributed by atoms with van der Waals surface area (Å²) in [5.74, 6) is -0.645. The molecule has 3 aromatic carbocycles. The van der Waals surface area contributed by atoms with Crippen LogP contribution in [0.15, 0.2) is 83.8 Å². The van der Waals surface area contributed by atoms with Gasteiger partial charge in [-0.25, -0.2) is 8.42 Å². The molecular weight excluding hydrogens is 501 g/mol. The summed E-state index contributed by atoms with van der Waals surface area (Å²) in [5.41, 5.74) is -0.429. The number of halogens is 4. The van der Waals surface area contributed by atoms with Crippen LogP contribution in [-0.4, -0.2) is 26.9 Å². The van der Waals surface area contributed by atoms with Crippen molar-refractivity contribution in [2.24, 2.45) is 0 Å². The average molecular weight is 525 g/mol. The number of anilines is 1. The van der Waals surface area contributed by atoms with E-state index in [1.165, 1.54) is 24.3 Å². The largest absolute Gasteiger partial charge is 0.417 e. The Hall–Kier alpha value is -3.04. The Kier molecular flexibility index (Phi) is 8.45. The number of carbonyl (C=O) groups is 1. The minimum absolute atomic E-state index is 0.159. The molecule has 1 atom stereocenters. The summed E-state index contributed by atoms with van der Waals surface area (Å²) >= 11 is 5.71. The standard InChI is InChI=1S/C25H24ClF3N2O3S/c1-18(12-13-19-8-4-2-5-9-19)30-24(32)17-31(35(33,34)21-10-6-3-7-11-21)20-14-15-23(26)22(16-20)25(27,28)29/h2-11,14-16,18H,12-13,17H2,1H3,(H,30,32)/t18-/m0/s1. The molecule has 1 N–H and O–H groups in total. The Bertz CT molecular complexity index is 1250. The van der Waals surface area contributed by atoms with Gasteiger partial charge in [0, 0.05) is 6.04 Å². The number of alkyl halides is 3. The van der Waals surface area contributed by atoms with Crippen molar-refractivity contribution in [3.05, 3.63) is 95.0 Å². The lowest BCUT2D eigenvalue weighted by Gasteiger charge is -2.26. The molecule has 186 valence electrons. The molecule has 0 radical (unpaired) electrons. The number of hydrogen-bond acceptors (Lipinski definition) is 3. The van der Waals surface area contributed by atoms with Crippen molar-refractivity contribution in [1.82, 2.24) is 5.32 Å². The summed E-state index contributed by atoms with van der Waals surface area (Å²) in [6.45, 7) is 1.08. The first kappa shape index (κ1) is 26.6. The van der Waals surface area contributed by atoms with Crippen molar-refractivity contribution in [1.29, 1.82) is 0 Å². The van der Waals surface area contributed by atoms with Crippen LogP contribution in [0.3, 0.4) is 0 Å². The predicted octanol–water partition coefficient (Wildman–Crippen LogP) is 5.69. The van der Waals surface area contributed by atoms with Gasteiger partial charge in [-0.15, -0.1) is 0 Å². The van der Waals surface area contributed by atoms with Crippen LogP contribution in [0.1, 0.15) is 24.5 Å². The third kappa shape index (κ3) is 6.99. The normalized spacial score (nSPS) is 12.7. The van der Waals surface area contributed by atoms with Gasteiger partial charge < -0.3 is 5.32 Å². The highest BCUT2D eigenvalue weighted by Crippen LogP contribution is 2.38. The molecule has 1 amide bonds. The monoisotopic (exact) mass is 524 g/mol. The fourth-order valence-electron chi connectivity index (χ4n) is 3.47. The summed E-state index contributed by atoms with van der Waals surface area (Å²) in [5, 5.41) is 2.16. The first-order chi connectivity index (χ1) is 16.5. The van der Waals surface area contributed by atoms with Crippen molar-refractivity contribution in [2.45, 2.75) is 36.9 Å². The summed E-state index contributed by atoms with van der Waals surface area (Å²) in [6.07, 6.45) is -3.51. The van der Waals surface area contributed by atoms with Gasteiger partial charge in [-0.3, -0.25) is 9.10 Å². The van der Waals surface area contributed by atoms with E-state index >= 15 is 0 Å². The Morgan fingerprint density at radius 3 is 2.20 bits per heavy atom. The molecule has 0 fully saturated rings. The molecule has 0 spiro atoms. The molecule has 0 aliphatic rings. The minimum atomic E-state index is -4.80. The molecule has 0 saturated carbocycles. The second-order valence-electron chi connectivity index (χ2n) is 7.98. The summed E-state index contributed by atoms with van der Waals surface area (Å²) in [6, 6.07) is 19.3. The molecule has 0 aliphatic heterocycles. The first-order valence-electron chi connectivity index (χ1n) is 10.8. The third-order valence-electron chi connectivity index (χ3n) is 5.28. The highest BCUT2D eigenvalue weighted by molar-refractivity contribution is 7.92. The van der Waals surface area contributed by atoms with Gasteiger partial charge in [0.25, 0.3) is 10.0 Å².